The van der Waals surface area contributed by atoms with Crippen molar-refractivity contribution in [2.45, 2.75) is 26.4 Å². The molecule has 0 radical (unpaired) electrons. The summed E-state index contributed by atoms with van der Waals surface area (Å²) in [6, 6.07) is 7.90. The zero-order chi connectivity index (χ0) is 16.8. The number of rotatable bonds is 6. The number of hydrogen-bond acceptors (Lipinski definition) is 4. The molecule has 2 rings (SSSR count). The Morgan fingerprint density at radius 3 is 2.30 bits per heavy atom. The van der Waals surface area contributed by atoms with Crippen molar-refractivity contribution in [3.8, 4) is 0 Å². The van der Waals surface area contributed by atoms with E-state index in [-0.39, 0.29) is 5.91 Å². The number of likely N-dealkylation sites (N-methyl/N-ethyl adjacent to an activating group) is 1. The molecule has 1 aromatic rings. The second-order valence-electron chi connectivity index (χ2n) is 6.76. The van der Waals surface area contributed by atoms with E-state index in [2.05, 4.69) is 36.0 Å². The van der Waals surface area contributed by atoms with E-state index in [1.54, 1.807) is 0 Å². The Hall–Kier alpha value is -1.43. The maximum Gasteiger partial charge on any atom is 0.251 e. The van der Waals surface area contributed by atoms with Crippen molar-refractivity contribution in [3.63, 3.8) is 0 Å². The lowest BCUT2D eigenvalue weighted by Gasteiger charge is -2.39. The second-order valence-corrected chi connectivity index (χ2v) is 6.76. The molecule has 3 N–H and O–H groups in total. The van der Waals surface area contributed by atoms with Crippen molar-refractivity contribution < 1.29 is 4.79 Å². The highest BCUT2D eigenvalue weighted by Crippen LogP contribution is 2.13. The van der Waals surface area contributed by atoms with Gasteiger partial charge in [-0.25, -0.2) is 0 Å². The van der Waals surface area contributed by atoms with Gasteiger partial charge in [0.2, 0.25) is 0 Å². The van der Waals surface area contributed by atoms with Crippen LogP contribution in [0.4, 0.5) is 0 Å². The second kappa shape index (κ2) is 8.43. The maximum absolute atomic E-state index is 12.3. The van der Waals surface area contributed by atoms with Gasteiger partial charge >= 0.3 is 0 Å². The van der Waals surface area contributed by atoms with Crippen molar-refractivity contribution >= 4 is 5.91 Å². The predicted molar refractivity (Wildman–Crippen MR) is 94.4 cm³/mol. The zero-order valence-electron chi connectivity index (χ0n) is 14.6. The van der Waals surface area contributed by atoms with Gasteiger partial charge in [0.15, 0.2) is 0 Å². The fourth-order valence-electron chi connectivity index (χ4n) is 3.03. The molecule has 5 nitrogen and oxygen atoms in total. The first-order valence-electron chi connectivity index (χ1n) is 8.51. The van der Waals surface area contributed by atoms with Gasteiger partial charge in [-0.15, -0.1) is 0 Å². The lowest BCUT2D eigenvalue weighted by atomic mass is 10.0. The fourth-order valence-corrected chi connectivity index (χ4v) is 3.03. The number of nitrogens with zero attached hydrogens (tertiary/aromatic N) is 2. The molecular formula is C18H30N4O. The van der Waals surface area contributed by atoms with Gasteiger partial charge in [-0.05, 0) is 30.7 Å². The third-order valence-corrected chi connectivity index (χ3v) is 4.70. The largest absolute Gasteiger partial charge is 0.350 e. The van der Waals surface area contributed by atoms with Crippen LogP contribution in [0.5, 0.6) is 0 Å². The van der Waals surface area contributed by atoms with Crippen LogP contribution in [0.15, 0.2) is 24.3 Å². The van der Waals surface area contributed by atoms with E-state index in [1.165, 1.54) is 0 Å². The Morgan fingerprint density at radius 2 is 1.78 bits per heavy atom. The van der Waals surface area contributed by atoms with Crippen LogP contribution >= 0.6 is 0 Å². The van der Waals surface area contributed by atoms with Crippen LogP contribution in [0.1, 0.15) is 29.8 Å². The average Bonchev–Trinajstić information content (AvgIpc) is 2.56. The van der Waals surface area contributed by atoms with Crippen LogP contribution in [0.25, 0.3) is 0 Å². The normalized spacial score (nSPS) is 18.1. The summed E-state index contributed by atoms with van der Waals surface area (Å²) in [6.07, 6.45) is 0. The maximum atomic E-state index is 12.3. The Morgan fingerprint density at radius 1 is 1.17 bits per heavy atom. The van der Waals surface area contributed by atoms with E-state index in [9.17, 15) is 4.79 Å². The molecule has 0 saturated carbocycles. The number of amides is 1. The van der Waals surface area contributed by atoms with Crippen molar-refractivity contribution in [2.75, 3.05) is 39.8 Å². The number of hydrogen-bond donors (Lipinski definition) is 2. The molecule has 0 aromatic heterocycles. The first kappa shape index (κ1) is 17.9. The molecular weight excluding hydrogens is 288 g/mol. The van der Waals surface area contributed by atoms with Crippen molar-refractivity contribution in [1.82, 2.24) is 15.1 Å². The number of carbonyl (C=O) groups excluding carboxylic acids is 1. The molecule has 1 aliphatic heterocycles. The number of carbonyl (C=O) groups is 1. The van der Waals surface area contributed by atoms with Gasteiger partial charge in [-0.3, -0.25) is 9.69 Å². The van der Waals surface area contributed by atoms with Gasteiger partial charge < -0.3 is 16.0 Å². The molecule has 1 atom stereocenters. The summed E-state index contributed by atoms with van der Waals surface area (Å²) in [5, 5.41) is 3.10. The number of nitrogens with two attached hydrogens (primary N) is 1. The molecule has 0 spiro atoms. The molecule has 1 saturated heterocycles. The van der Waals surface area contributed by atoms with E-state index >= 15 is 0 Å². The third-order valence-electron chi connectivity index (χ3n) is 4.70. The molecule has 0 aliphatic carbocycles. The van der Waals surface area contributed by atoms with Crippen molar-refractivity contribution in [3.05, 3.63) is 35.4 Å². The summed E-state index contributed by atoms with van der Waals surface area (Å²) in [5.74, 6) is 0.506. The van der Waals surface area contributed by atoms with E-state index < -0.39 is 0 Å². The first-order valence-corrected chi connectivity index (χ1v) is 8.51. The molecule has 1 heterocycles. The summed E-state index contributed by atoms with van der Waals surface area (Å²) in [5.41, 5.74) is 7.33. The van der Waals surface area contributed by atoms with Gasteiger partial charge in [0.1, 0.15) is 0 Å². The smallest absolute Gasteiger partial charge is 0.251 e. The topological polar surface area (TPSA) is 61.6 Å². The standard InChI is InChI=1S/C18H30N4O/c1-14(2)17(22-10-8-21(3)9-11-22)13-20-18(23)16-6-4-15(12-19)5-7-16/h4-7,14,17H,8-13,19H2,1-3H3,(H,20,23). The highest BCUT2D eigenvalue weighted by molar-refractivity contribution is 5.94. The first-order chi connectivity index (χ1) is 11.0. The average molecular weight is 318 g/mol. The summed E-state index contributed by atoms with van der Waals surface area (Å²) in [7, 11) is 2.16. The summed E-state index contributed by atoms with van der Waals surface area (Å²) >= 11 is 0. The molecule has 5 heteroatoms. The molecule has 1 unspecified atom stereocenters. The van der Waals surface area contributed by atoms with Gasteiger partial charge in [0.05, 0.1) is 0 Å². The minimum atomic E-state index is -0.00616. The fraction of sp³-hybridized carbons (Fsp3) is 0.611. The van der Waals surface area contributed by atoms with Crippen LogP contribution in [-0.4, -0.2) is 61.5 Å². The van der Waals surface area contributed by atoms with Crippen molar-refractivity contribution in [1.29, 1.82) is 0 Å². The minimum absolute atomic E-state index is 0.00616. The van der Waals surface area contributed by atoms with Crippen LogP contribution in [-0.2, 0) is 6.54 Å². The molecule has 1 aliphatic rings. The third kappa shape index (κ3) is 5.03. The quantitative estimate of drug-likeness (QED) is 0.826. The van der Waals surface area contributed by atoms with E-state index in [0.717, 1.165) is 31.7 Å². The lowest BCUT2D eigenvalue weighted by Crippen LogP contribution is -2.54. The lowest BCUT2D eigenvalue weighted by molar-refractivity contribution is 0.0791. The van der Waals surface area contributed by atoms with E-state index in [0.29, 0.717) is 30.6 Å². The number of piperazine rings is 1. The summed E-state index contributed by atoms with van der Waals surface area (Å²) in [6.45, 7) is 9.98. The van der Waals surface area contributed by atoms with Gasteiger partial charge in [-0.2, -0.15) is 0 Å². The zero-order valence-corrected chi connectivity index (χ0v) is 14.6. The van der Waals surface area contributed by atoms with Crippen LogP contribution in [0.2, 0.25) is 0 Å². The monoisotopic (exact) mass is 318 g/mol. The Labute approximate surface area is 139 Å². The van der Waals surface area contributed by atoms with E-state index in [1.807, 2.05) is 24.3 Å². The highest BCUT2D eigenvalue weighted by atomic mass is 16.1. The SMILES string of the molecule is CC(C)C(CNC(=O)c1ccc(CN)cc1)N1CCN(C)CC1. The molecule has 1 amide bonds. The molecule has 128 valence electrons. The van der Waals surface area contributed by atoms with Gasteiger partial charge in [-0.1, -0.05) is 26.0 Å². The summed E-state index contributed by atoms with van der Waals surface area (Å²) in [4.78, 5) is 17.2. The number of nitrogens with one attached hydrogen (secondary N) is 1. The number of benzene rings is 1. The van der Waals surface area contributed by atoms with Gasteiger partial charge in [0, 0.05) is 50.9 Å². The van der Waals surface area contributed by atoms with E-state index in [4.69, 9.17) is 5.73 Å². The highest BCUT2D eigenvalue weighted by Gasteiger charge is 2.25. The van der Waals surface area contributed by atoms with Crippen LogP contribution in [0.3, 0.4) is 0 Å². The van der Waals surface area contributed by atoms with Crippen molar-refractivity contribution in [2.24, 2.45) is 11.7 Å². The van der Waals surface area contributed by atoms with Crippen LogP contribution in [0, 0.1) is 5.92 Å². The molecule has 1 aromatic carbocycles. The molecule has 1 fully saturated rings. The Kier molecular flexibility index (Phi) is 6.57. The molecule has 23 heavy (non-hydrogen) atoms. The Balaban J connectivity index is 1.91. The van der Waals surface area contributed by atoms with Gasteiger partial charge in [0.25, 0.3) is 5.91 Å². The predicted octanol–water partition coefficient (Wildman–Crippen LogP) is 1.15. The molecule has 0 bridgehead atoms. The van der Waals surface area contributed by atoms with Crippen LogP contribution < -0.4 is 11.1 Å². The minimum Gasteiger partial charge on any atom is -0.350 e. The Bertz CT molecular complexity index is 492. The summed E-state index contributed by atoms with van der Waals surface area (Å²) < 4.78 is 0.